The molecule has 0 bridgehead atoms. The van der Waals surface area contributed by atoms with Gasteiger partial charge in [0.15, 0.2) is 0 Å². The third kappa shape index (κ3) is 5.72. The van der Waals surface area contributed by atoms with E-state index in [0.717, 1.165) is 21.8 Å². The van der Waals surface area contributed by atoms with Crippen LogP contribution >= 0.6 is 27.7 Å². The number of morpholine rings is 1. The molecule has 0 aliphatic carbocycles. The van der Waals surface area contributed by atoms with E-state index in [2.05, 4.69) is 31.4 Å². The Labute approximate surface area is 191 Å². The summed E-state index contributed by atoms with van der Waals surface area (Å²) in [6.45, 7) is 2.22. The SMILES string of the molecule is O=C(CSc1nnc(-c2ccc(Br)cc2)o1)Nc1cccc(C(=O)N2CCOCC2)c1. The molecule has 160 valence electrons. The van der Waals surface area contributed by atoms with Gasteiger partial charge in [-0.05, 0) is 42.5 Å². The Morgan fingerprint density at radius 2 is 1.87 bits per heavy atom. The van der Waals surface area contributed by atoms with Crippen molar-refractivity contribution in [2.24, 2.45) is 0 Å². The molecule has 1 fully saturated rings. The molecule has 2 aromatic carbocycles. The average molecular weight is 503 g/mol. The fourth-order valence-corrected chi connectivity index (χ4v) is 3.81. The van der Waals surface area contributed by atoms with Crippen molar-refractivity contribution in [3.05, 3.63) is 58.6 Å². The lowest BCUT2D eigenvalue weighted by Crippen LogP contribution is -2.40. The maximum Gasteiger partial charge on any atom is 0.277 e. The molecule has 1 aliphatic heterocycles. The summed E-state index contributed by atoms with van der Waals surface area (Å²) in [6, 6.07) is 14.4. The smallest absolute Gasteiger partial charge is 0.277 e. The Kier molecular flexibility index (Phi) is 7.00. The van der Waals surface area contributed by atoms with Gasteiger partial charge < -0.3 is 19.4 Å². The van der Waals surface area contributed by atoms with Crippen molar-refractivity contribution in [3.8, 4) is 11.5 Å². The van der Waals surface area contributed by atoms with Gasteiger partial charge in [-0.3, -0.25) is 9.59 Å². The van der Waals surface area contributed by atoms with Crippen LogP contribution in [0.2, 0.25) is 0 Å². The van der Waals surface area contributed by atoms with Gasteiger partial charge in [0.2, 0.25) is 11.8 Å². The summed E-state index contributed by atoms with van der Waals surface area (Å²) in [4.78, 5) is 26.7. The van der Waals surface area contributed by atoms with E-state index >= 15 is 0 Å². The first-order chi connectivity index (χ1) is 15.1. The number of carbonyl (C=O) groups is 2. The number of hydrogen-bond acceptors (Lipinski definition) is 7. The highest BCUT2D eigenvalue weighted by Gasteiger charge is 2.19. The Morgan fingerprint density at radius 1 is 1.10 bits per heavy atom. The Morgan fingerprint density at radius 3 is 2.65 bits per heavy atom. The normalized spacial score (nSPS) is 13.8. The van der Waals surface area contributed by atoms with Crippen LogP contribution in [0, 0.1) is 0 Å². The summed E-state index contributed by atoms with van der Waals surface area (Å²) in [7, 11) is 0. The van der Waals surface area contributed by atoms with Crippen molar-refractivity contribution in [2.45, 2.75) is 5.22 Å². The number of anilines is 1. The molecule has 1 aromatic heterocycles. The van der Waals surface area contributed by atoms with Gasteiger partial charge in [0, 0.05) is 34.4 Å². The predicted molar refractivity (Wildman–Crippen MR) is 120 cm³/mol. The molecule has 3 aromatic rings. The minimum absolute atomic E-state index is 0.0693. The number of carbonyl (C=O) groups excluding carboxylic acids is 2. The number of thioether (sulfide) groups is 1. The largest absolute Gasteiger partial charge is 0.411 e. The predicted octanol–water partition coefficient (Wildman–Crippen LogP) is 3.70. The van der Waals surface area contributed by atoms with Crippen LogP contribution in [0.5, 0.6) is 0 Å². The second kappa shape index (κ2) is 10.1. The fraction of sp³-hybridized carbons (Fsp3) is 0.238. The summed E-state index contributed by atoms with van der Waals surface area (Å²) in [6.07, 6.45) is 0. The van der Waals surface area contributed by atoms with Crippen LogP contribution in [0.25, 0.3) is 11.5 Å². The third-order valence-electron chi connectivity index (χ3n) is 4.52. The van der Waals surface area contributed by atoms with Gasteiger partial charge in [0.25, 0.3) is 11.1 Å². The van der Waals surface area contributed by atoms with Crippen LogP contribution in [0.15, 0.2) is 62.6 Å². The summed E-state index contributed by atoms with van der Waals surface area (Å²) < 4.78 is 11.9. The van der Waals surface area contributed by atoms with E-state index in [1.54, 1.807) is 29.2 Å². The van der Waals surface area contributed by atoms with Gasteiger partial charge in [-0.25, -0.2) is 0 Å². The highest BCUT2D eigenvalue weighted by Crippen LogP contribution is 2.24. The molecular formula is C21H19BrN4O4S. The number of nitrogens with one attached hydrogen (secondary N) is 1. The van der Waals surface area contributed by atoms with Crippen molar-refractivity contribution in [3.63, 3.8) is 0 Å². The number of aromatic nitrogens is 2. The Balaban J connectivity index is 1.32. The first-order valence-corrected chi connectivity index (χ1v) is 11.4. The second-order valence-electron chi connectivity index (χ2n) is 6.70. The van der Waals surface area contributed by atoms with E-state index in [1.807, 2.05) is 24.3 Å². The number of nitrogens with zero attached hydrogens (tertiary/aromatic N) is 3. The molecule has 2 heterocycles. The second-order valence-corrected chi connectivity index (χ2v) is 8.54. The molecular weight excluding hydrogens is 484 g/mol. The first-order valence-electron chi connectivity index (χ1n) is 9.58. The number of amides is 2. The molecule has 31 heavy (non-hydrogen) atoms. The fourth-order valence-electron chi connectivity index (χ4n) is 2.98. The van der Waals surface area contributed by atoms with Gasteiger partial charge in [0.05, 0.1) is 19.0 Å². The monoisotopic (exact) mass is 502 g/mol. The van der Waals surface area contributed by atoms with Gasteiger partial charge in [-0.1, -0.05) is 33.8 Å². The van der Waals surface area contributed by atoms with Crippen LogP contribution in [-0.4, -0.2) is 59.0 Å². The molecule has 2 amide bonds. The molecule has 4 rings (SSSR count). The molecule has 0 radical (unpaired) electrons. The summed E-state index contributed by atoms with van der Waals surface area (Å²) in [5.41, 5.74) is 1.89. The van der Waals surface area contributed by atoms with Crippen LogP contribution in [0.4, 0.5) is 5.69 Å². The molecule has 1 aliphatic rings. The zero-order valence-corrected chi connectivity index (χ0v) is 18.8. The van der Waals surface area contributed by atoms with Crippen LogP contribution in [-0.2, 0) is 9.53 Å². The number of benzene rings is 2. The molecule has 0 saturated carbocycles. The highest BCUT2D eigenvalue weighted by molar-refractivity contribution is 9.10. The maximum absolute atomic E-state index is 12.6. The highest BCUT2D eigenvalue weighted by atomic mass is 79.9. The first kappa shape index (κ1) is 21.5. The third-order valence-corrected chi connectivity index (χ3v) is 5.86. The molecule has 0 atom stereocenters. The molecule has 10 heteroatoms. The van der Waals surface area contributed by atoms with E-state index < -0.39 is 0 Å². The van der Waals surface area contributed by atoms with E-state index in [1.165, 1.54) is 0 Å². The minimum atomic E-state index is -0.232. The average Bonchev–Trinajstić information content (AvgIpc) is 3.27. The lowest BCUT2D eigenvalue weighted by Gasteiger charge is -2.27. The summed E-state index contributed by atoms with van der Waals surface area (Å²) in [5, 5.41) is 11.1. The summed E-state index contributed by atoms with van der Waals surface area (Å²) in [5.74, 6) is 0.193. The number of halogens is 1. The minimum Gasteiger partial charge on any atom is -0.411 e. The van der Waals surface area contributed by atoms with Crippen LogP contribution < -0.4 is 5.32 Å². The van der Waals surface area contributed by atoms with Crippen LogP contribution in [0.1, 0.15) is 10.4 Å². The van der Waals surface area contributed by atoms with Gasteiger partial charge in [-0.2, -0.15) is 0 Å². The standard InChI is InChI=1S/C21H19BrN4O4S/c22-16-6-4-14(5-7-16)19-24-25-21(30-19)31-13-18(27)23-17-3-1-2-15(12-17)20(28)26-8-10-29-11-9-26/h1-7,12H,8-11,13H2,(H,23,27). The Hall–Kier alpha value is -2.69. The topological polar surface area (TPSA) is 97.6 Å². The molecule has 0 unspecified atom stereocenters. The Bertz CT molecular complexity index is 1070. The molecule has 8 nitrogen and oxygen atoms in total. The zero-order valence-electron chi connectivity index (χ0n) is 16.4. The lowest BCUT2D eigenvalue weighted by molar-refractivity contribution is -0.113. The molecule has 1 N–H and O–H groups in total. The van der Waals surface area contributed by atoms with E-state index in [9.17, 15) is 9.59 Å². The molecule has 1 saturated heterocycles. The number of rotatable bonds is 6. The summed E-state index contributed by atoms with van der Waals surface area (Å²) >= 11 is 4.53. The van der Waals surface area contributed by atoms with Crippen molar-refractivity contribution >= 4 is 45.2 Å². The van der Waals surface area contributed by atoms with E-state index in [0.29, 0.717) is 48.7 Å². The number of hydrogen-bond donors (Lipinski definition) is 1. The van der Waals surface area contributed by atoms with Crippen LogP contribution in [0.3, 0.4) is 0 Å². The van der Waals surface area contributed by atoms with Crippen molar-refractivity contribution in [2.75, 3.05) is 37.4 Å². The molecule has 0 spiro atoms. The van der Waals surface area contributed by atoms with Crippen molar-refractivity contribution < 1.29 is 18.7 Å². The quantitative estimate of drug-likeness (QED) is 0.513. The van der Waals surface area contributed by atoms with E-state index in [4.69, 9.17) is 9.15 Å². The zero-order chi connectivity index (χ0) is 21.6. The van der Waals surface area contributed by atoms with Gasteiger partial charge in [0.1, 0.15) is 0 Å². The van der Waals surface area contributed by atoms with Crippen molar-refractivity contribution in [1.29, 1.82) is 0 Å². The van der Waals surface area contributed by atoms with Gasteiger partial charge in [-0.15, -0.1) is 10.2 Å². The van der Waals surface area contributed by atoms with Gasteiger partial charge >= 0.3 is 0 Å². The number of ether oxygens (including phenoxy) is 1. The maximum atomic E-state index is 12.6. The lowest BCUT2D eigenvalue weighted by atomic mass is 10.1. The van der Waals surface area contributed by atoms with E-state index in [-0.39, 0.29) is 17.6 Å². The van der Waals surface area contributed by atoms with Crippen molar-refractivity contribution in [1.82, 2.24) is 15.1 Å².